The molecular formula is C15H21N3O3. The van der Waals surface area contributed by atoms with E-state index in [1.165, 1.54) is 7.11 Å². The Kier molecular flexibility index (Phi) is 5.30. The van der Waals surface area contributed by atoms with Gasteiger partial charge in [-0.25, -0.2) is 0 Å². The van der Waals surface area contributed by atoms with Crippen molar-refractivity contribution in [1.29, 1.82) is 0 Å². The monoisotopic (exact) mass is 291 g/mol. The van der Waals surface area contributed by atoms with Gasteiger partial charge >= 0.3 is 0 Å². The third-order valence-corrected chi connectivity index (χ3v) is 3.47. The lowest BCUT2D eigenvalue weighted by atomic mass is 10.2. The average Bonchev–Trinajstić information content (AvgIpc) is 2.91. The van der Waals surface area contributed by atoms with E-state index in [0.717, 1.165) is 24.2 Å². The summed E-state index contributed by atoms with van der Waals surface area (Å²) in [7, 11) is 1.51. The molecule has 0 aromatic heterocycles. The van der Waals surface area contributed by atoms with Gasteiger partial charge in [0, 0.05) is 32.3 Å². The molecule has 0 aliphatic carbocycles. The van der Waals surface area contributed by atoms with E-state index in [2.05, 4.69) is 5.32 Å². The molecule has 1 aromatic carbocycles. The molecule has 21 heavy (non-hydrogen) atoms. The van der Waals surface area contributed by atoms with Crippen LogP contribution in [0.2, 0.25) is 0 Å². The van der Waals surface area contributed by atoms with Crippen LogP contribution in [0.4, 0.5) is 5.69 Å². The van der Waals surface area contributed by atoms with Crippen molar-refractivity contribution in [2.24, 2.45) is 5.73 Å². The van der Waals surface area contributed by atoms with Crippen molar-refractivity contribution in [2.75, 3.05) is 25.2 Å². The highest BCUT2D eigenvalue weighted by Crippen LogP contribution is 2.21. The first-order valence-electron chi connectivity index (χ1n) is 7.03. The maximum absolute atomic E-state index is 11.7. The molecule has 1 heterocycles. The third-order valence-electron chi connectivity index (χ3n) is 3.47. The van der Waals surface area contributed by atoms with E-state index in [9.17, 15) is 9.59 Å². The number of hydrogen-bond acceptors (Lipinski definition) is 4. The summed E-state index contributed by atoms with van der Waals surface area (Å²) < 4.78 is 4.84. The Balaban J connectivity index is 1.88. The van der Waals surface area contributed by atoms with Crippen LogP contribution < -0.4 is 16.0 Å². The highest BCUT2D eigenvalue weighted by molar-refractivity contribution is 5.95. The number of nitrogens with two attached hydrogens (primary N) is 1. The van der Waals surface area contributed by atoms with E-state index in [1.807, 2.05) is 24.3 Å². The summed E-state index contributed by atoms with van der Waals surface area (Å²) in [6, 6.07) is 6.96. The maximum atomic E-state index is 11.7. The van der Waals surface area contributed by atoms with Crippen LogP contribution in [0.5, 0.6) is 0 Å². The molecule has 1 saturated heterocycles. The van der Waals surface area contributed by atoms with Crippen LogP contribution in [0, 0.1) is 0 Å². The van der Waals surface area contributed by atoms with Crippen LogP contribution >= 0.6 is 0 Å². The van der Waals surface area contributed by atoms with Gasteiger partial charge in [0.2, 0.25) is 11.8 Å². The summed E-state index contributed by atoms with van der Waals surface area (Å²) in [5, 5.41) is 2.76. The van der Waals surface area contributed by atoms with E-state index in [4.69, 9.17) is 10.5 Å². The lowest BCUT2D eigenvalue weighted by molar-refractivity contribution is -0.123. The Morgan fingerprint density at radius 2 is 2.14 bits per heavy atom. The molecule has 6 nitrogen and oxygen atoms in total. The van der Waals surface area contributed by atoms with Gasteiger partial charge in [0.05, 0.1) is 6.61 Å². The predicted octanol–water partition coefficient (Wildman–Crippen LogP) is 0.403. The van der Waals surface area contributed by atoms with E-state index in [-0.39, 0.29) is 18.4 Å². The highest BCUT2D eigenvalue weighted by atomic mass is 16.5. The number of amides is 2. The molecule has 3 N–H and O–H groups in total. The van der Waals surface area contributed by atoms with Crippen molar-refractivity contribution in [1.82, 2.24) is 5.32 Å². The highest BCUT2D eigenvalue weighted by Gasteiger charge is 2.21. The number of hydrogen-bond donors (Lipinski definition) is 2. The van der Waals surface area contributed by atoms with Gasteiger partial charge in [0.1, 0.15) is 6.04 Å². The molecule has 0 spiro atoms. The third kappa shape index (κ3) is 4.03. The minimum absolute atomic E-state index is 0.168. The van der Waals surface area contributed by atoms with Gasteiger partial charge in [-0.3, -0.25) is 9.59 Å². The number of carbonyl (C=O) groups excluding carboxylic acids is 2. The number of benzene rings is 1. The molecule has 2 amide bonds. The smallest absolute Gasteiger partial charge is 0.239 e. The van der Waals surface area contributed by atoms with Crippen LogP contribution in [0.1, 0.15) is 18.4 Å². The number of nitrogens with one attached hydrogen (secondary N) is 1. The fourth-order valence-electron chi connectivity index (χ4n) is 2.29. The first-order valence-corrected chi connectivity index (χ1v) is 7.03. The van der Waals surface area contributed by atoms with Gasteiger partial charge in [-0.1, -0.05) is 12.1 Å². The molecule has 1 aliphatic rings. The quantitative estimate of drug-likeness (QED) is 0.794. The van der Waals surface area contributed by atoms with E-state index < -0.39 is 6.04 Å². The van der Waals surface area contributed by atoms with Gasteiger partial charge in [-0.05, 0) is 24.1 Å². The SMILES string of the molecule is COCC(N)C(=O)NCc1ccc(N2CCCC2=O)cc1. The van der Waals surface area contributed by atoms with E-state index in [1.54, 1.807) is 4.90 Å². The Bertz CT molecular complexity index is 501. The molecule has 114 valence electrons. The summed E-state index contributed by atoms with van der Waals surface area (Å²) in [5.41, 5.74) is 7.50. The van der Waals surface area contributed by atoms with E-state index >= 15 is 0 Å². The molecule has 1 aliphatic heterocycles. The average molecular weight is 291 g/mol. The fourth-order valence-corrected chi connectivity index (χ4v) is 2.29. The fraction of sp³-hybridized carbons (Fsp3) is 0.467. The van der Waals surface area contributed by atoms with Gasteiger partial charge in [-0.2, -0.15) is 0 Å². The number of anilines is 1. The van der Waals surface area contributed by atoms with Crippen molar-refractivity contribution < 1.29 is 14.3 Å². The number of carbonyl (C=O) groups is 2. The first kappa shape index (κ1) is 15.5. The van der Waals surface area contributed by atoms with Gasteiger partial charge < -0.3 is 20.7 Å². The normalized spacial score (nSPS) is 16.1. The standard InChI is InChI=1S/C15H21N3O3/c1-21-10-13(16)15(20)17-9-11-4-6-12(7-5-11)18-8-2-3-14(18)19/h4-7,13H,2-3,8-10,16H2,1H3,(H,17,20). The molecule has 2 rings (SSSR count). The minimum Gasteiger partial charge on any atom is -0.383 e. The summed E-state index contributed by atoms with van der Waals surface area (Å²) in [6.07, 6.45) is 1.53. The number of methoxy groups -OCH3 is 1. The van der Waals surface area contributed by atoms with Gasteiger partial charge in [0.15, 0.2) is 0 Å². The van der Waals surface area contributed by atoms with E-state index in [0.29, 0.717) is 13.0 Å². The van der Waals surface area contributed by atoms with Gasteiger partial charge in [0.25, 0.3) is 0 Å². The molecule has 1 aromatic rings. The first-order chi connectivity index (χ1) is 10.1. The molecule has 1 fully saturated rings. The van der Waals surface area contributed by atoms with Crippen LogP contribution in [-0.4, -0.2) is 38.1 Å². The maximum Gasteiger partial charge on any atom is 0.239 e. The summed E-state index contributed by atoms with van der Waals surface area (Å²) >= 11 is 0. The molecule has 0 radical (unpaired) electrons. The zero-order valence-electron chi connectivity index (χ0n) is 12.2. The van der Waals surface area contributed by atoms with Crippen LogP contribution in [0.25, 0.3) is 0 Å². The second-order valence-electron chi connectivity index (χ2n) is 5.10. The molecule has 0 saturated carbocycles. The lowest BCUT2D eigenvalue weighted by Gasteiger charge is -2.16. The summed E-state index contributed by atoms with van der Waals surface area (Å²) in [5.74, 6) is -0.0720. The molecule has 1 unspecified atom stereocenters. The Hall–Kier alpha value is -1.92. The second-order valence-corrected chi connectivity index (χ2v) is 5.10. The lowest BCUT2D eigenvalue weighted by Crippen LogP contribution is -2.43. The topological polar surface area (TPSA) is 84.7 Å². The van der Waals surface area contributed by atoms with Crippen molar-refractivity contribution in [2.45, 2.75) is 25.4 Å². The van der Waals surface area contributed by atoms with Crippen LogP contribution in [-0.2, 0) is 20.9 Å². The Morgan fingerprint density at radius 3 is 2.71 bits per heavy atom. The van der Waals surface area contributed by atoms with Crippen molar-refractivity contribution in [3.63, 3.8) is 0 Å². The molecule has 6 heteroatoms. The zero-order valence-corrected chi connectivity index (χ0v) is 12.2. The Labute approximate surface area is 124 Å². The minimum atomic E-state index is -0.656. The molecule has 1 atom stereocenters. The summed E-state index contributed by atoms with van der Waals surface area (Å²) in [6.45, 7) is 1.38. The summed E-state index contributed by atoms with van der Waals surface area (Å²) in [4.78, 5) is 25.1. The number of nitrogens with zero attached hydrogens (tertiary/aromatic N) is 1. The number of rotatable bonds is 6. The van der Waals surface area contributed by atoms with Crippen molar-refractivity contribution in [3.8, 4) is 0 Å². The van der Waals surface area contributed by atoms with Crippen molar-refractivity contribution in [3.05, 3.63) is 29.8 Å². The van der Waals surface area contributed by atoms with Crippen LogP contribution in [0.15, 0.2) is 24.3 Å². The molecular weight excluding hydrogens is 270 g/mol. The van der Waals surface area contributed by atoms with Crippen LogP contribution in [0.3, 0.4) is 0 Å². The zero-order chi connectivity index (χ0) is 15.2. The second kappa shape index (κ2) is 7.19. The Morgan fingerprint density at radius 1 is 1.43 bits per heavy atom. The van der Waals surface area contributed by atoms with Gasteiger partial charge in [-0.15, -0.1) is 0 Å². The molecule has 0 bridgehead atoms. The number of ether oxygens (including phenoxy) is 1. The largest absolute Gasteiger partial charge is 0.383 e. The predicted molar refractivity (Wildman–Crippen MR) is 79.7 cm³/mol. The van der Waals surface area contributed by atoms with Crippen molar-refractivity contribution >= 4 is 17.5 Å².